The lowest BCUT2D eigenvalue weighted by Gasteiger charge is -2.22. The van der Waals surface area contributed by atoms with E-state index in [1.165, 1.54) is 0 Å². The standard InChI is InChI=1S/C21H27NO4/c1-6-18(26-19-10-8-7-9-14(19)2)21(23)22-15(3)17-13-16(24-4)11-12-20(17)25-5/h7-13,15,18H,6H2,1-5H3,(H,22,23)/t15-,18+/m1/s1. The van der Waals surface area contributed by atoms with Crippen molar-refractivity contribution < 1.29 is 19.0 Å². The maximum absolute atomic E-state index is 12.7. The van der Waals surface area contributed by atoms with E-state index in [2.05, 4.69) is 5.32 Å². The molecule has 0 aliphatic heterocycles. The summed E-state index contributed by atoms with van der Waals surface area (Å²) in [7, 11) is 3.22. The molecule has 0 aliphatic carbocycles. The average Bonchev–Trinajstić information content (AvgIpc) is 2.66. The summed E-state index contributed by atoms with van der Waals surface area (Å²) in [6.45, 7) is 5.80. The Morgan fingerprint density at radius 2 is 1.81 bits per heavy atom. The fourth-order valence-corrected chi connectivity index (χ4v) is 2.73. The molecule has 2 aromatic carbocycles. The molecule has 0 radical (unpaired) electrons. The first-order valence-electron chi connectivity index (χ1n) is 8.74. The highest BCUT2D eigenvalue weighted by atomic mass is 16.5. The summed E-state index contributed by atoms with van der Waals surface area (Å²) in [6, 6.07) is 13.0. The molecular formula is C21H27NO4. The molecule has 0 unspecified atom stereocenters. The number of amides is 1. The minimum Gasteiger partial charge on any atom is -0.497 e. The Kier molecular flexibility index (Phi) is 6.89. The van der Waals surface area contributed by atoms with Gasteiger partial charge in [0, 0.05) is 5.56 Å². The van der Waals surface area contributed by atoms with Gasteiger partial charge in [0.2, 0.25) is 0 Å². The van der Waals surface area contributed by atoms with E-state index in [1.54, 1.807) is 14.2 Å². The first kappa shape index (κ1) is 19.6. The van der Waals surface area contributed by atoms with Gasteiger partial charge in [0.15, 0.2) is 6.10 Å². The van der Waals surface area contributed by atoms with E-state index >= 15 is 0 Å². The number of methoxy groups -OCH3 is 2. The average molecular weight is 357 g/mol. The van der Waals surface area contributed by atoms with E-state index in [4.69, 9.17) is 14.2 Å². The second kappa shape index (κ2) is 9.13. The largest absolute Gasteiger partial charge is 0.497 e. The summed E-state index contributed by atoms with van der Waals surface area (Å²) in [5.74, 6) is 1.98. The van der Waals surface area contributed by atoms with Crippen LogP contribution < -0.4 is 19.5 Å². The summed E-state index contributed by atoms with van der Waals surface area (Å²) >= 11 is 0. The first-order valence-corrected chi connectivity index (χ1v) is 8.74. The summed E-state index contributed by atoms with van der Waals surface area (Å²) in [4.78, 5) is 12.7. The van der Waals surface area contributed by atoms with Crippen molar-refractivity contribution in [3.05, 3.63) is 53.6 Å². The van der Waals surface area contributed by atoms with E-state index in [0.717, 1.165) is 16.9 Å². The third-order valence-corrected chi connectivity index (χ3v) is 4.29. The van der Waals surface area contributed by atoms with Gasteiger partial charge in [0.25, 0.3) is 5.91 Å². The molecule has 0 saturated heterocycles. The summed E-state index contributed by atoms with van der Waals surface area (Å²) in [5.41, 5.74) is 1.85. The Morgan fingerprint density at radius 1 is 1.08 bits per heavy atom. The molecule has 0 heterocycles. The number of nitrogens with one attached hydrogen (secondary N) is 1. The molecule has 0 saturated carbocycles. The number of carbonyl (C=O) groups excluding carboxylic acids is 1. The first-order chi connectivity index (χ1) is 12.5. The second-order valence-corrected chi connectivity index (χ2v) is 6.12. The van der Waals surface area contributed by atoms with Crippen LogP contribution in [0.25, 0.3) is 0 Å². The number of benzene rings is 2. The Balaban J connectivity index is 2.13. The Labute approximate surface area is 155 Å². The van der Waals surface area contributed by atoms with Crippen molar-refractivity contribution in [2.24, 2.45) is 0 Å². The van der Waals surface area contributed by atoms with Crippen LogP contribution in [0, 0.1) is 6.92 Å². The molecule has 2 atom stereocenters. The van der Waals surface area contributed by atoms with E-state index < -0.39 is 6.10 Å². The van der Waals surface area contributed by atoms with Crippen molar-refractivity contribution in [1.82, 2.24) is 5.32 Å². The van der Waals surface area contributed by atoms with Crippen molar-refractivity contribution in [2.45, 2.75) is 39.3 Å². The lowest BCUT2D eigenvalue weighted by Crippen LogP contribution is -2.39. The van der Waals surface area contributed by atoms with Crippen LogP contribution in [0.2, 0.25) is 0 Å². The van der Waals surface area contributed by atoms with Crippen molar-refractivity contribution in [3.8, 4) is 17.2 Å². The minimum absolute atomic E-state index is 0.159. The number of para-hydroxylation sites is 1. The van der Waals surface area contributed by atoms with Crippen molar-refractivity contribution >= 4 is 5.91 Å². The van der Waals surface area contributed by atoms with Gasteiger partial charge >= 0.3 is 0 Å². The van der Waals surface area contributed by atoms with Crippen molar-refractivity contribution in [2.75, 3.05) is 14.2 Å². The van der Waals surface area contributed by atoms with Crippen molar-refractivity contribution in [1.29, 1.82) is 0 Å². The molecule has 140 valence electrons. The monoisotopic (exact) mass is 357 g/mol. The SMILES string of the molecule is CC[C@H](Oc1ccccc1C)C(=O)N[C@H](C)c1cc(OC)ccc1OC. The summed E-state index contributed by atoms with van der Waals surface area (Å²) in [5, 5.41) is 3.01. The summed E-state index contributed by atoms with van der Waals surface area (Å²) < 4.78 is 16.6. The highest BCUT2D eigenvalue weighted by Gasteiger charge is 2.23. The number of hydrogen-bond acceptors (Lipinski definition) is 4. The van der Waals surface area contributed by atoms with Crippen LogP contribution in [0.15, 0.2) is 42.5 Å². The molecule has 0 spiro atoms. The number of carbonyl (C=O) groups is 1. The van der Waals surface area contributed by atoms with Crippen LogP contribution in [0.1, 0.15) is 37.4 Å². The highest BCUT2D eigenvalue weighted by Crippen LogP contribution is 2.29. The molecule has 5 nitrogen and oxygen atoms in total. The van der Waals surface area contributed by atoms with Gasteiger partial charge in [0.05, 0.1) is 20.3 Å². The molecule has 0 aliphatic rings. The Morgan fingerprint density at radius 3 is 2.42 bits per heavy atom. The summed E-state index contributed by atoms with van der Waals surface area (Å²) in [6.07, 6.45) is 0.0115. The number of aryl methyl sites for hydroxylation is 1. The number of hydrogen-bond donors (Lipinski definition) is 1. The van der Waals surface area contributed by atoms with Gasteiger partial charge in [-0.2, -0.15) is 0 Å². The zero-order valence-corrected chi connectivity index (χ0v) is 16.0. The van der Waals surface area contributed by atoms with Gasteiger partial charge in [-0.3, -0.25) is 4.79 Å². The van der Waals surface area contributed by atoms with Crippen LogP contribution >= 0.6 is 0 Å². The van der Waals surface area contributed by atoms with Crippen LogP contribution in [0.4, 0.5) is 0 Å². The van der Waals surface area contributed by atoms with E-state index in [1.807, 2.05) is 63.2 Å². The molecule has 2 rings (SSSR count). The van der Waals surface area contributed by atoms with Gasteiger partial charge in [0.1, 0.15) is 17.2 Å². The predicted molar refractivity (Wildman–Crippen MR) is 102 cm³/mol. The highest BCUT2D eigenvalue weighted by molar-refractivity contribution is 5.81. The zero-order chi connectivity index (χ0) is 19.1. The number of rotatable bonds is 8. The number of ether oxygens (including phenoxy) is 3. The molecule has 26 heavy (non-hydrogen) atoms. The molecule has 1 N–H and O–H groups in total. The molecule has 0 fully saturated rings. The van der Waals surface area contributed by atoms with E-state index in [0.29, 0.717) is 17.9 Å². The van der Waals surface area contributed by atoms with Gasteiger partial charge in [-0.15, -0.1) is 0 Å². The second-order valence-electron chi connectivity index (χ2n) is 6.12. The smallest absolute Gasteiger partial charge is 0.261 e. The lowest BCUT2D eigenvalue weighted by atomic mass is 10.1. The van der Waals surface area contributed by atoms with Gasteiger partial charge in [-0.1, -0.05) is 25.1 Å². The molecular weight excluding hydrogens is 330 g/mol. The van der Waals surface area contributed by atoms with Crippen LogP contribution in [0.3, 0.4) is 0 Å². The third kappa shape index (κ3) is 4.69. The molecule has 5 heteroatoms. The maximum atomic E-state index is 12.7. The van der Waals surface area contributed by atoms with Crippen molar-refractivity contribution in [3.63, 3.8) is 0 Å². The van der Waals surface area contributed by atoms with E-state index in [-0.39, 0.29) is 11.9 Å². The molecule has 0 bridgehead atoms. The normalized spacial score (nSPS) is 12.8. The molecule has 2 aromatic rings. The fraction of sp³-hybridized carbons (Fsp3) is 0.381. The van der Waals surface area contributed by atoms with Crippen LogP contribution in [-0.2, 0) is 4.79 Å². The quantitative estimate of drug-likeness (QED) is 0.774. The van der Waals surface area contributed by atoms with Crippen LogP contribution in [-0.4, -0.2) is 26.2 Å². The topological polar surface area (TPSA) is 56.8 Å². The Hall–Kier alpha value is -2.69. The predicted octanol–water partition coefficient (Wildman–Crippen LogP) is 4.05. The molecule has 0 aromatic heterocycles. The van der Waals surface area contributed by atoms with E-state index in [9.17, 15) is 4.79 Å². The zero-order valence-electron chi connectivity index (χ0n) is 16.0. The fourth-order valence-electron chi connectivity index (χ4n) is 2.73. The third-order valence-electron chi connectivity index (χ3n) is 4.29. The Bertz CT molecular complexity index is 745. The molecule has 1 amide bonds. The van der Waals surface area contributed by atoms with Gasteiger partial charge in [-0.05, 0) is 50.1 Å². The maximum Gasteiger partial charge on any atom is 0.261 e. The minimum atomic E-state index is -0.560. The van der Waals surface area contributed by atoms with Gasteiger partial charge in [-0.25, -0.2) is 0 Å². The lowest BCUT2D eigenvalue weighted by molar-refractivity contribution is -0.128. The van der Waals surface area contributed by atoms with Crippen LogP contribution in [0.5, 0.6) is 17.2 Å². The van der Waals surface area contributed by atoms with Gasteiger partial charge < -0.3 is 19.5 Å².